The monoisotopic (exact) mass is 293 g/mol. The summed E-state index contributed by atoms with van der Waals surface area (Å²) in [7, 11) is 0. The van der Waals surface area contributed by atoms with Crippen LogP contribution in [-0.4, -0.2) is 19.1 Å². The summed E-state index contributed by atoms with van der Waals surface area (Å²) in [6, 6.07) is 5.38. The van der Waals surface area contributed by atoms with Crippen LogP contribution in [0.15, 0.2) is 22.7 Å². The zero-order chi connectivity index (χ0) is 12.1. The number of hydrogen-bond acceptors (Lipinski definition) is 2. The Labute approximate surface area is 102 Å². The molecule has 0 aliphatic heterocycles. The first-order valence-electron chi connectivity index (χ1n) is 4.94. The highest BCUT2D eigenvalue weighted by Crippen LogP contribution is 2.30. The maximum atomic E-state index is 12.1. The first kappa shape index (κ1) is 13.4. The summed E-state index contributed by atoms with van der Waals surface area (Å²) in [5, 5.41) is 0. The number of nitrogens with two attached hydrogens (primary N) is 1. The Morgan fingerprint density at radius 1 is 1.44 bits per heavy atom. The number of alkyl halides is 2. The van der Waals surface area contributed by atoms with Crippen LogP contribution in [0.25, 0.3) is 0 Å². The van der Waals surface area contributed by atoms with Crippen molar-refractivity contribution in [3.63, 3.8) is 0 Å². The van der Waals surface area contributed by atoms with Crippen molar-refractivity contribution in [2.75, 3.05) is 6.61 Å². The minimum absolute atomic E-state index is 0.0387. The number of rotatable bonds is 5. The first-order valence-corrected chi connectivity index (χ1v) is 5.74. The molecule has 0 saturated heterocycles. The molecule has 1 unspecified atom stereocenters. The lowest BCUT2D eigenvalue weighted by Crippen LogP contribution is -2.19. The second kappa shape index (κ2) is 6.15. The fraction of sp³-hybridized carbons (Fsp3) is 0.455. The van der Waals surface area contributed by atoms with Crippen molar-refractivity contribution in [3.8, 4) is 5.75 Å². The highest BCUT2D eigenvalue weighted by atomic mass is 79.9. The van der Waals surface area contributed by atoms with E-state index in [0.717, 1.165) is 5.56 Å². The molecular weight excluding hydrogens is 280 g/mol. The standard InChI is InChI=1S/C11H14BrF2NO/c1-7(15)5-8-3-2-4-9(12)11(8)16-6-10(13)14/h2-4,7,10H,5-6,15H2,1H3. The highest BCUT2D eigenvalue weighted by Gasteiger charge is 2.12. The van der Waals surface area contributed by atoms with Gasteiger partial charge < -0.3 is 10.5 Å². The predicted molar refractivity (Wildman–Crippen MR) is 63.0 cm³/mol. The molecule has 5 heteroatoms. The molecule has 1 aromatic carbocycles. The van der Waals surface area contributed by atoms with Crippen LogP contribution in [0.2, 0.25) is 0 Å². The minimum Gasteiger partial charge on any atom is -0.486 e. The van der Waals surface area contributed by atoms with Crippen LogP contribution < -0.4 is 10.5 Å². The Kier molecular flexibility index (Phi) is 5.15. The van der Waals surface area contributed by atoms with E-state index in [9.17, 15) is 8.78 Å². The zero-order valence-corrected chi connectivity index (χ0v) is 10.5. The van der Waals surface area contributed by atoms with Gasteiger partial charge in [-0.2, -0.15) is 0 Å². The van der Waals surface area contributed by atoms with Crippen LogP contribution in [0.3, 0.4) is 0 Å². The van der Waals surface area contributed by atoms with Gasteiger partial charge in [-0.15, -0.1) is 0 Å². The van der Waals surface area contributed by atoms with Crippen molar-refractivity contribution < 1.29 is 13.5 Å². The molecule has 1 aromatic rings. The fourth-order valence-corrected chi connectivity index (χ4v) is 1.89. The predicted octanol–water partition coefficient (Wildman–Crippen LogP) is 2.98. The van der Waals surface area contributed by atoms with E-state index in [1.807, 2.05) is 19.1 Å². The Bertz CT molecular complexity index is 345. The van der Waals surface area contributed by atoms with Crippen LogP contribution in [0.4, 0.5) is 8.78 Å². The van der Waals surface area contributed by atoms with Gasteiger partial charge in [0.2, 0.25) is 0 Å². The Morgan fingerprint density at radius 3 is 2.69 bits per heavy atom. The van der Waals surface area contributed by atoms with Gasteiger partial charge in [0, 0.05) is 6.04 Å². The molecule has 0 spiro atoms. The Balaban J connectivity index is 2.85. The molecule has 0 amide bonds. The molecule has 0 radical (unpaired) electrons. The highest BCUT2D eigenvalue weighted by molar-refractivity contribution is 9.10. The summed E-state index contributed by atoms with van der Waals surface area (Å²) in [6.07, 6.45) is -1.88. The van der Waals surface area contributed by atoms with Gasteiger partial charge >= 0.3 is 0 Å². The van der Waals surface area contributed by atoms with E-state index in [0.29, 0.717) is 16.6 Å². The van der Waals surface area contributed by atoms with E-state index in [4.69, 9.17) is 10.5 Å². The lowest BCUT2D eigenvalue weighted by molar-refractivity contribution is 0.0810. The van der Waals surface area contributed by atoms with Gasteiger partial charge in [-0.1, -0.05) is 12.1 Å². The van der Waals surface area contributed by atoms with Gasteiger partial charge in [0.1, 0.15) is 12.4 Å². The second-order valence-electron chi connectivity index (χ2n) is 3.61. The molecule has 0 aromatic heterocycles. The summed E-state index contributed by atoms with van der Waals surface area (Å²) in [5.74, 6) is 0.458. The molecule has 0 heterocycles. The molecule has 2 nitrogen and oxygen atoms in total. The normalized spacial score (nSPS) is 12.9. The van der Waals surface area contributed by atoms with Crippen LogP contribution in [-0.2, 0) is 6.42 Å². The van der Waals surface area contributed by atoms with E-state index >= 15 is 0 Å². The van der Waals surface area contributed by atoms with Crippen molar-refractivity contribution >= 4 is 15.9 Å². The maximum absolute atomic E-state index is 12.1. The summed E-state index contributed by atoms with van der Waals surface area (Å²) < 4.78 is 29.9. The summed E-state index contributed by atoms with van der Waals surface area (Å²) in [4.78, 5) is 0. The number of halogens is 3. The summed E-state index contributed by atoms with van der Waals surface area (Å²) in [6.45, 7) is 1.26. The third-order valence-corrected chi connectivity index (χ3v) is 2.57. The topological polar surface area (TPSA) is 35.2 Å². The average Bonchev–Trinajstić information content (AvgIpc) is 2.15. The van der Waals surface area contributed by atoms with Crippen molar-refractivity contribution in [2.45, 2.75) is 25.8 Å². The number of hydrogen-bond donors (Lipinski definition) is 1. The molecule has 0 aliphatic rings. The van der Waals surface area contributed by atoms with Crippen molar-refractivity contribution in [3.05, 3.63) is 28.2 Å². The van der Waals surface area contributed by atoms with Crippen LogP contribution in [0.1, 0.15) is 12.5 Å². The molecular formula is C11H14BrF2NO. The van der Waals surface area contributed by atoms with E-state index in [1.54, 1.807) is 6.07 Å². The molecule has 0 bridgehead atoms. The Morgan fingerprint density at radius 2 is 2.12 bits per heavy atom. The smallest absolute Gasteiger partial charge is 0.272 e. The van der Waals surface area contributed by atoms with Gasteiger partial charge in [0.25, 0.3) is 6.43 Å². The van der Waals surface area contributed by atoms with Crippen molar-refractivity contribution in [1.29, 1.82) is 0 Å². The molecule has 16 heavy (non-hydrogen) atoms. The van der Waals surface area contributed by atoms with Gasteiger partial charge in [-0.05, 0) is 40.9 Å². The summed E-state index contributed by atoms with van der Waals surface area (Å²) in [5.41, 5.74) is 6.52. The molecule has 0 aliphatic carbocycles. The third-order valence-electron chi connectivity index (χ3n) is 1.94. The molecule has 0 saturated carbocycles. The number of para-hydroxylation sites is 1. The lowest BCUT2D eigenvalue weighted by Gasteiger charge is -2.14. The number of ether oxygens (including phenoxy) is 1. The second-order valence-corrected chi connectivity index (χ2v) is 4.47. The van der Waals surface area contributed by atoms with Gasteiger partial charge in [-0.25, -0.2) is 8.78 Å². The average molecular weight is 294 g/mol. The summed E-state index contributed by atoms with van der Waals surface area (Å²) >= 11 is 3.28. The van der Waals surface area contributed by atoms with Crippen LogP contribution in [0.5, 0.6) is 5.75 Å². The molecule has 1 atom stereocenters. The number of benzene rings is 1. The van der Waals surface area contributed by atoms with Gasteiger partial charge in [0.15, 0.2) is 0 Å². The van der Waals surface area contributed by atoms with Crippen LogP contribution >= 0.6 is 15.9 Å². The quantitative estimate of drug-likeness (QED) is 0.906. The molecule has 0 fully saturated rings. The molecule has 2 N–H and O–H groups in total. The molecule has 1 rings (SSSR count). The molecule has 90 valence electrons. The Hall–Kier alpha value is -0.680. The first-order chi connectivity index (χ1) is 7.50. The van der Waals surface area contributed by atoms with E-state index in [1.165, 1.54) is 0 Å². The SMILES string of the molecule is CC(N)Cc1cccc(Br)c1OCC(F)F. The minimum atomic E-state index is -2.48. The van der Waals surface area contributed by atoms with Gasteiger partial charge in [-0.3, -0.25) is 0 Å². The van der Waals surface area contributed by atoms with Crippen molar-refractivity contribution in [2.24, 2.45) is 5.73 Å². The van der Waals surface area contributed by atoms with Crippen LogP contribution in [0, 0.1) is 0 Å². The van der Waals surface area contributed by atoms with Gasteiger partial charge in [0.05, 0.1) is 4.47 Å². The third kappa shape index (κ3) is 4.06. The van der Waals surface area contributed by atoms with E-state index in [2.05, 4.69) is 15.9 Å². The maximum Gasteiger partial charge on any atom is 0.272 e. The van der Waals surface area contributed by atoms with Crippen molar-refractivity contribution in [1.82, 2.24) is 0 Å². The zero-order valence-electron chi connectivity index (χ0n) is 8.92. The van der Waals surface area contributed by atoms with E-state index < -0.39 is 13.0 Å². The largest absolute Gasteiger partial charge is 0.486 e. The fourth-order valence-electron chi connectivity index (χ4n) is 1.37. The lowest BCUT2D eigenvalue weighted by atomic mass is 10.1. The van der Waals surface area contributed by atoms with E-state index in [-0.39, 0.29) is 6.04 Å².